The van der Waals surface area contributed by atoms with E-state index in [9.17, 15) is 0 Å². The fourth-order valence-electron chi connectivity index (χ4n) is 10.4. The van der Waals surface area contributed by atoms with Gasteiger partial charge in [-0.25, -0.2) is 0 Å². The molecular formula is C47H47NO. The van der Waals surface area contributed by atoms with Gasteiger partial charge in [0, 0.05) is 44.3 Å². The van der Waals surface area contributed by atoms with Crippen LogP contribution >= 0.6 is 0 Å². The standard InChI is InChI=1S/C47H47NO/c1-9-31-27(4)49-45-35(31)21-22-39-44(45)36-20-18-30(26-41(36)47(39,7)8)48-42-15-13-12-14-34(42)37-24-28(17-23-43(37)48)29-16-19-33-32(10-2)38(11-3)46(5,6)40(33)25-29/h10,12-16,18-22,24,26,40H,2,9,11,17,23,25H2,1,3-8H3. The SMILES string of the molecule is C=CC1=C(CC)C(C)(C)C2CC(C3=Cc4c(n(-c5ccc6c(c5)C(C)(C)c5ccc7c(CC)c(C)oc7c5-6)c5ccccc45)CC3)=CC=C12. The zero-order chi connectivity index (χ0) is 34.0. The highest BCUT2D eigenvalue weighted by Gasteiger charge is 2.44. The Balaban J connectivity index is 1.16. The quantitative estimate of drug-likeness (QED) is 0.187. The van der Waals surface area contributed by atoms with Crippen LogP contribution in [0.25, 0.3) is 44.8 Å². The maximum absolute atomic E-state index is 6.51. The van der Waals surface area contributed by atoms with Crippen molar-refractivity contribution in [3.05, 3.63) is 141 Å². The molecule has 2 nitrogen and oxygen atoms in total. The number of benzene rings is 3. The van der Waals surface area contributed by atoms with E-state index in [2.05, 4.69) is 139 Å². The summed E-state index contributed by atoms with van der Waals surface area (Å²) in [6.07, 6.45) is 14.7. The average molecular weight is 642 g/mol. The molecule has 0 radical (unpaired) electrons. The van der Waals surface area contributed by atoms with E-state index < -0.39 is 0 Å². The monoisotopic (exact) mass is 641 g/mol. The molecule has 0 saturated carbocycles. The van der Waals surface area contributed by atoms with Crippen molar-refractivity contribution in [2.24, 2.45) is 11.3 Å². The summed E-state index contributed by atoms with van der Waals surface area (Å²) in [7, 11) is 0. The number of nitrogens with zero attached hydrogens (tertiary/aromatic N) is 1. The van der Waals surface area contributed by atoms with Gasteiger partial charge in [0.05, 0.1) is 5.52 Å². The highest BCUT2D eigenvalue weighted by molar-refractivity contribution is 6.01. The van der Waals surface area contributed by atoms with Gasteiger partial charge in [-0.1, -0.05) is 108 Å². The van der Waals surface area contributed by atoms with E-state index in [0.717, 1.165) is 43.4 Å². The molecule has 0 amide bonds. The number of allylic oxidation sites excluding steroid dienone is 8. The summed E-state index contributed by atoms with van der Waals surface area (Å²) in [5.41, 5.74) is 20.6. The van der Waals surface area contributed by atoms with Crippen molar-refractivity contribution in [2.45, 2.75) is 86.0 Å². The topological polar surface area (TPSA) is 18.1 Å². The van der Waals surface area contributed by atoms with Gasteiger partial charge in [0.25, 0.3) is 0 Å². The van der Waals surface area contributed by atoms with Crippen LogP contribution < -0.4 is 0 Å². The molecule has 4 aliphatic carbocycles. The Bertz CT molecular complexity index is 2400. The van der Waals surface area contributed by atoms with Crippen molar-refractivity contribution in [1.82, 2.24) is 4.57 Å². The van der Waals surface area contributed by atoms with Gasteiger partial charge in [0.1, 0.15) is 11.3 Å². The van der Waals surface area contributed by atoms with Crippen molar-refractivity contribution in [3.8, 4) is 16.8 Å². The lowest BCUT2D eigenvalue weighted by atomic mass is 9.70. The molecule has 0 saturated heterocycles. The number of rotatable bonds is 5. The molecule has 2 heterocycles. The molecule has 246 valence electrons. The van der Waals surface area contributed by atoms with Gasteiger partial charge < -0.3 is 8.98 Å². The molecule has 0 bridgehead atoms. The zero-order valence-electron chi connectivity index (χ0n) is 30.2. The molecule has 2 aromatic heterocycles. The van der Waals surface area contributed by atoms with E-state index >= 15 is 0 Å². The van der Waals surface area contributed by atoms with Crippen molar-refractivity contribution in [1.29, 1.82) is 0 Å². The Labute approximate surface area is 291 Å². The Morgan fingerprint density at radius 3 is 2.49 bits per heavy atom. The number of aromatic nitrogens is 1. The fraction of sp³-hybridized carbons (Fsp3) is 0.319. The molecule has 49 heavy (non-hydrogen) atoms. The first-order valence-corrected chi connectivity index (χ1v) is 18.4. The number of para-hydroxylation sites is 1. The minimum Gasteiger partial charge on any atom is -0.460 e. The summed E-state index contributed by atoms with van der Waals surface area (Å²) < 4.78 is 9.06. The van der Waals surface area contributed by atoms with E-state index in [-0.39, 0.29) is 10.8 Å². The van der Waals surface area contributed by atoms with Crippen LogP contribution in [0.5, 0.6) is 0 Å². The molecule has 2 heteroatoms. The van der Waals surface area contributed by atoms with Gasteiger partial charge in [0.15, 0.2) is 0 Å². The van der Waals surface area contributed by atoms with Gasteiger partial charge in [-0.2, -0.15) is 0 Å². The first-order valence-electron chi connectivity index (χ1n) is 18.4. The first-order chi connectivity index (χ1) is 23.6. The minimum atomic E-state index is -0.121. The smallest absolute Gasteiger partial charge is 0.142 e. The summed E-state index contributed by atoms with van der Waals surface area (Å²) in [5, 5.41) is 2.61. The molecule has 9 rings (SSSR count). The third-order valence-corrected chi connectivity index (χ3v) is 12.9. The van der Waals surface area contributed by atoms with Crippen LogP contribution in [0.3, 0.4) is 0 Å². The van der Waals surface area contributed by atoms with Crippen LogP contribution in [-0.4, -0.2) is 4.57 Å². The molecule has 5 aromatic rings. The van der Waals surface area contributed by atoms with Crippen LogP contribution in [-0.2, 0) is 18.3 Å². The predicted octanol–water partition coefficient (Wildman–Crippen LogP) is 12.7. The summed E-state index contributed by atoms with van der Waals surface area (Å²) in [4.78, 5) is 0. The first kappa shape index (κ1) is 30.5. The number of aryl methyl sites for hydroxylation is 2. The number of hydrogen-bond donors (Lipinski definition) is 0. The van der Waals surface area contributed by atoms with Crippen molar-refractivity contribution >= 4 is 27.9 Å². The van der Waals surface area contributed by atoms with Crippen LogP contribution in [0.1, 0.15) is 94.5 Å². The Kier molecular flexibility index (Phi) is 6.52. The number of furan rings is 1. The van der Waals surface area contributed by atoms with Gasteiger partial charge in [0.2, 0.25) is 0 Å². The second kappa shape index (κ2) is 10.5. The molecule has 0 N–H and O–H groups in total. The highest BCUT2D eigenvalue weighted by atomic mass is 16.3. The molecule has 1 unspecified atom stereocenters. The van der Waals surface area contributed by atoms with E-state index in [1.807, 2.05) is 0 Å². The molecule has 0 aliphatic heterocycles. The Morgan fingerprint density at radius 2 is 1.71 bits per heavy atom. The lowest BCUT2D eigenvalue weighted by Gasteiger charge is -2.34. The third kappa shape index (κ3) is 4.01. The largest absolute Gasteiger partial charge is 0.460 e. The lowest BCUT2D eigenvalue weighted by molar-refractivity contribution is 0.319. The summed E-state index contributed by atoms with van der Waals surface area (Å²) >= 11 is 0. The van der Waals surface area contributed by atoms with Gasteiger partial charge in [-0.05, 0) is 114 Å². The maximum Gasteiger partial charge on any atom is 0.142 e. The van der Waals surface area contributed by atoms with Crippen LogP contribution in [0, 0.1) is 18.3 Å². The molecule has 3 aromatic carbocycles. The maximum atomic E-state index is 6.51. The summed E-state index contributed by atoms with van der Waals surface area (Å²) in [6.45, 7) is 20.5. The van der Waals surface area contributed by atoms with Crippen LogP contribution in [0.15, 0.2) is 112 Å². The minimum absolute atomic E-state index is 0.121. The average Bonchev–Trinajstić information content (AvgIpc) is 3.76. The van der Waals surface area contributed by atoms with Gasteiger partial charge in [-0.15, -0.1) is 0 Å². The number of hydrogen-bond acceptors (Lipinski definition) is 1. The second-order valence-electron chi connectivity index (χ2n) is 15.8. The van der Waals surface area contributed by atoms with Gasteiger partial charge >= 0.3 is 0 Å². The van der Waals surface area contributed by atoms with Crippen molar-refractivity contribution < 1.29 is 4.42 Å². The van der Waals surface area contributed by atoms with Crippen molar-refractivity contribution in [2.75, 3.05) is 0 Å². The molecule has 0 spiro atoms. The normalized spacial score (nSPS) is 20.1. The molecular weight excluding hydrogens is 595 g/mol. The second-order valence-corrected chi connectivity index (χ2v) is 15.8. The van der Waals surface area contributed by atoms with Crippen LogP contribution in [0.4, 0.5) is 0 Å². The molecule has 0 fully saturated rings. The predicted molar refractivity (Wildman–Crippen MR) is 207 cm³/mol. The van der Waals surface area contributed by atoms with E-state index in [0.29, 0.717) is 5.92 Å². The fourth-order valence-corrected chi connectivity index (χ4v) is 10.4. The molecule has 4 aliphatic rings. The highest BCUT2D eigenvalue weighted by Crippen LogP contribution is 2.57. The van der Waals surface area contributed by atoms with E-state index in [4.69, 9.17) is 4.42 Å². The summed E-state index contributed by atoms with van der Waals surface area (Å²) in [5.74, 6) is 1.56. The Hall–Kier alpha value is -4.56. The third-order valence-electron chi connectivity index (χ3n) is 12.9. The van der Waals surface area contributed by atoms with E-state index in [1.165, 1.54) is 83.3 Å². The molecule has 1 atom stereocenters. The zero-order valence-corrected chi connectivity index (χ0v) is 30.2. The lowest BCUT2D eigenvalue weighted by Crippen LogP contribution is -2.24. The van der Waals surface area contributed by atoms with Gasteiger partial charge in [-0.3, -0.25) is 0 Å². The Morgan fingerprint density at radius 1 is 0.898 bits per heavy atom. The van der Waals surface area contributed by atoms with Crippen molar-refractivity contribution in [3.63, 3.8) is 0 Å². The van der Waals surface area contributed by atoms with E-state index in [1.54, 1.807) is 5.57 Å². The number of fused-ring (bicyclic) bond motifs is 9. The summed E-state index contributed by atoms with van der Waals surface area (Å²) in [6, 6.07) is 20.8. The van der Waals surface area contributed by atoms with Crippen LogP contribution in [0.2, 0.25) is 0 Å².